The van der Waals surface area contributed by atoms with Gasteiger partial charge in [0.2, 0.25) is 0 Å². The zero-order chi connectivity index (χ0) is 7.33. The molecule has 0 bridgehead atoms. The normalized spacial score (nSPS) is 12.0. The van der Waals surface area contributed by atoms with Crippen LogP contribution in [0.2, 0.25) is 0 Å². The van der Waals surface area contributed by atoms with E-state index in [0.717, 1.165) is 13.2 Å². The molecule has 0 amide bonds. The van der Waals surface area contributed by atoms with Crippen molar-refractivity contribution in [3.63, 3.8) is 0 Å². The van der Waals surface area contributed by atoms with E-state index in [9.17, 15) is 0 Å². The fraction of sp³-hybridized carbons (Fsp3) is 1.00. The number of quaternary nitrogens is 1. The van der Waals surface area contributed by atoms with E-state index in [1.54, 1.807) is 0 Å². The van der Waals surface area contributed by atoms with Crippen LogP contribution in [0.5, 0.6) is 0 Å². The molecule has 2 heteroatoms. The van der Waals surface area contributed by atoms with Crippen LogP contribution in [-0.2, 0) is 4.84 Å². The molecule has 0 radical (unpaired) electrons. The second-order valence-electron chi connectivity index (χ2n) is 2.72. The third-order valence-corrected chi connectivity index (χ3v) is 1.24. The van der Waals surface area contributed by atoms with Gasteiger partial charge >= 0.3 is 0 Å². The lowest BCUT2D eigenvalue weighted by molar-refractivity contribution is -1.08. The lowest BCUT2D eigenvalue weighted by Crippen LogP contribution is -2.39. The topological polar surface area (TPSA) is 9.23 Å². The Labute approximate surface area is 58.0 Å². The molecule has 0 aromatic rings. The molecule has 9 heavy (non-hydrogen) atoms. The van der Waals surface area contributed by atoms with Crippen molar-refractivity contribution >= 4 is 0 Å². The van der Waals surface area contributed by atoms with Gasteiger partial charge in [-0.2, -0.15) is 4.65 Å². The van der Waals surface area contributed by atoms with Crippen LogP contribution in [0.15, 0.2) is 0 Å². The minimum absolute atomic E-state index is 0.688. The molecule has 0 aromatic heterocycles. The van der Waals surface area contributed by atoms with E-state index >= 15 is 0 Å². The zero-order valence-corrected chi connectivity index (χ0v) is 6.98. The third kappa shape index (κ3) is 4.43. The Kier molecular flexibility index (Phi) is 3.82. The highest BCUT2D eigenvalue weighted by atomic mass is 16.7. The average molecular weight is 132 g/mol. The minimum atomic E-state index is 0.688. The summed E-state index contributed by atoms with van der Waals surface area (Å²) in [4.78, 5) is 5.41. The molecule has 0 spiro atoms. The van der Waals surface area contributed by atoms with Crippen LogP contribution in [-0.4, -0.2) is 31.9 Å². The summed E-state index contributed by atoms with van der Waals surface area (Å²) in [7, 11) is 4.15. The predicted octanol–water partition coefficient (Wildman–Crippen LogP) is 1.42. The number of hydrogen-bond donors (Lipinski definition) is 0. The Morgan fingerprint density at radius 3 is 2.11 bits per heavy atom. The maximum absolute atomic E-state index is 5.41. The highest BCUT2D eigenvalue weighted by Crippen LogP contribution is 1.98. The summed E-state index contributed by atoms with van der Waals surface area (Å²) in [6.07, 6.45) is 1.17. The molecule has 0 N–H and O–H groups in total. The molecule has 0 rings (SSSR count). The zero-order valence-electron chi connectivity index (χ0n) is 6.98. The van der Waals surface area contributed by atoms with Gasteiger partial charge in [0.15, 0.2) is 0 Å². The second-order valence-corrected chi connectivity index (χ2v) is 2.72. The molecule has 56 valence electrons. The molecule has 0 saturated carbocycles. The Balaban J connectivity index is 3.43. The van der Waals surface area contributed by atoms with Gasteiger partial charge in [-0.05, 0) is 13.3 Å². The van der Waals surface area contributed by atoms with E-state index in [0.29, 0.717) is 4.65 Å². The molecule has 0 aromatic carbocycles. The van der Waals surface area contributed by atoms with Crippen LogP contribution >= 0.6 is 0 Å². The van der Waals surface area contributed by atoms with Crippen LogP contribution in [0, 0.1) is 0 Å². The number of rotatable bonds is 4. The lowest BCUT2D eigenvalue weighted by atomic mass is 10.4. The van der Waals surface area contributed by atoms with Crippen molar-refractivity contribution in [1.82, 2.24) is 0 Å². The number of hydrogen-bond acceptors (Lipinski definition) is 1. The molecule has 0 atom stereocenters. The van der Waals surface area contributed by atoms with Crippen LogP contribution in [0.3, 0.4) is 0 Å². The van der Waals surface area contributed by atoms with Gasteiger partial charge in [0.05, 0.1) is 14.1 Å². The molecule has 2 nitrogen and oxygen atoms in total. The number of nitrogens with zero attached hydrogens (tertiary/aromatic N) is 1. The van der Waals surface area contributed by atoms with Gasteiger partial charge in [0.1, 0.15) is 13.2 Å². The third-order valence-electron chi connectivity index (χ3n) is 1.24. The Morgan fingerprint density at radius 2 is 1.78 bits per heavy atom. The first kappa shape index (κ1) is 8.92. The monoisotopic (exact) mass is 132 g/mol. The molecule has 0 unspecified atom stereocenters. The Morgan fingerprint density at radius 1 is 1.22 bits per heavy atom. The first-order chi connectivity index (χ1) is 4.12. The molecular weight excluding hydrogens is 114 g/mol. The summed E-state index contributed by atoms with van der Waals surface area (Å²) in [6, 6.07) is 0. The summed E-state index contributed by atoms with van der Waals surface area (Å²) < 4.78 is 0.688. The van der Waals surface area contributed by atoms with Gasteiger partial charge in [-0.15, -0.1) is 0 Å². The van der Waals surface area contributed by atoms with Gasteiger partial charge in [-0.25, -0.2) is 4.84 Å². The van der Waals surface area contributed by atoms with Gasteiger partial charge in [0, 0.05) is 0 Å². The van der Waals surface area contributed by atoms with E-state index in [1.165, 1.54) is 6.42 Å². The first-order valence-corrected chi connectivity index (χ1v) is 3.60. The SMILES string of the molecule is CCC[N+](C)(C)OCC. The van der Waals surface area contributed by atoms with Crippen LogP contribution < -0.4 is 0 Å². The van der Waals surface area contributed by atoms with Crippen molar-refractivity contribution in [3.05, 3.63) is 0 Å². The van der Waals surface area contributed by atoms with Crippen molar-refractivity contribution in [2.75, 3.05) is 27.2 Å². The van der Waals surface area contributed by atoms with Crippen molar-refractivity contribution in [1.29, 1.82) is 0 Å². The number of hydroxylamine groups is 3. The average Bonchev–Trinajstić information content (AvgIpc) is 1.64. The standard InChI is InChI=1S/C7H18NO/c1-5-7-8(3,4)9-6-2/h5-7H2,1-4H3/q+1. The molecule has 0 aliphatic rings. The lowest BCUT2D eigenvalue weighted by Gasteiger charge is -2.25. The summed E-state index contributed by atoms with van der Waals surface area (Å²) in [5, 5.41) is 0. The van der Waals surface area contributed by atoms with E-state index in [4.69, 9.17) is 4.84 Å². The second kappa shape index (κ2) is 3.85. The fourth-order valence-electron chi connectivity index (χ4n) is 0.953. The van der Waals surface area contributed by atoms with E-state index in [2.05, 4.69) is 21.0 Å². The molecular formula is C7H18NO+. The fourth-order valence-corrected chi connectivity index (χ4v) is 0.953. The van der Waals surface area contributed by atoms with Crippen LogP contribution in [0.4, 0.5) is 0 Å². The molecule has 0 fully saturated rings. The van der Waals surface area contributed by atoms with E-state index < -0.39 is 0 Å². The maximum Gasteiger partial charge on any atom is 0.108 e. The quantitative estimate of drug-likeness (QED) is 0.415. The van der Waals surface area contributed by atoms with Crippen LogP contribution in [0.1, 0.15) is 20.3 Å². The predicted molar refractivity (Wildman–Crippen MR) is 38.9 cm³/mol. The van der Waals surface area contributed by atoms with Gasteiger partial charge in [-0.3, -0.25) is 0 Å². The van der Waals surface area contributed by atoms with Crippen molar-refractivity contribution in [2.45, 2.75) is 20.3 Å². The molecule has 0 saturated heterocycles. The summed E-state index contributed by atoms with van der Waals surface area (Å²) in [5.74, 6) is 0. The van der Waals surface area contributed by atoms with Crippen molar-refractivity contribution < 1.29 is 9.48 Å². The summed E-state index contributed by atoms with van der Waals surface area (Å²) >= 11 is 0. The van der Waals surface area contributed by atoms with Gasteiger partial charge in [0.25, 0.3) is 0 Å². The summed E-state index contributed by atoms with van der Waals surface area (Å²) in [5.41, 5.74) is 0. The van der Waals surface area contributed by atoms with Crippen LogP contribution in [0.25, 0.3) is 0 Å². The largest absolute Gasteiger partial charge is 0.204 e. The Hall–Kier alpha value is -0.0800. The highest BCUT2D eigenvalue weighted by molar-refractivity contribution is 4.18. The van der Waals surface area contributed by atoms with E-state index in [-0.39, 0.29) is 0 Å². The minimum Gasteiger partial charge on any atom is -0.204 e. The maximum atomic E-state index is 5.41. The van der Waals surface area contributed by atoms with Gasteiger partial charge in [-0.1, -0.05) is 6.92 Å². The highest BCUT2D eigenvalue weighted by Gasteiger charge is 2.12. The smallest absolute Gasteiger partial charge is 0.108 e. The van der Waals surface area contributed by atoms with E-state index in [1.807, 2.05) is 6.92 Å². The molecule has 0 aliphatic heterocycles. The van der Waals surface area contributed by atoms with Crippen molar-refractivity contribution in [2.24, 2.45) is 0 Å². The van der Waals surface area contributed by atoms with Gasteiger partial charge < -0.3 is 0 Å². The van der Waals surface area contributed by atoms with Crippen molar-refractivity contribution in [3.8, 4) is 0 Å². The Bertz CT molecular complexity index is 63.3. The molecule has 0 heterocycles. The summed E-state index contributed by atoms with van der Waals surface area (Å²) in [6.45, 7) is 6.08. The first-order valence-electron chi connectivity index (χ1n) is 3.60. The molecule has 0 aliphatic carbocycles.